The first-order chi connectivity index (χ1) is 15.6. The third-order valence-electron chi connectivity index (χ3n) is 6.03. The zero-order chi connectivity index (χ0) is 22.2. The third kappa shape index (κ3) is 3.17. The quantitative estimate of drug-likeness (QED) is 0.582. The van der Waals surface area contributed by atoms with Gasteiger partial charge in [-0.2, -0.15) is 5.26 Å². The molecule has 3 aromatic rings. The molecule has 2 aliphatic heterocycles. The lowest BCUT2D eigenvalue weighted by molar-refractivity contribution is -0.120. The molecule has 5 rings (SSSR count). The van der Waals surface area contributed by atoms with Gasteiger partial charge in [0.2, 0.25) is 0 Å². The Balaban J connectivity index is 1.68. The molecule has 0 radical (unpaired) electrons. The average molecular weight is 419 g/mol. The summed E-state index contributed by atoms with van der Waals surface area (Å²) in [7, 11) is 0. The molecule has 0 bridgehead atoms. The van der Waals surface area contributed by atoms with E-state index in [1.54, 1.807) is 24.3 Å². The number of nitriles is 1. The number of carbonyl (C=O) groups excluding carboxylic acids is 2. The number of hydrogen-bond acceptors (Lipinski definition) is 4. The van der Waals surface area contributed by atoms with Crippen LogP contribution in [-0.4, -0.2) is 18.4 Å². The molecule has 0 aromatic heterocycles. The lowest BCUT2D eigenvalue weighted by Crippen LogP contribution is -2.37. The SMILES string of the molecule is Cc1ccc(C2=C(N3CCCc4ccccc43)C(=O)N(c3ccc(C#N)cc3)C2=O)cc1. The summed E-state index contributed by atoms with van der Waals surface area (Å²) in [6.45, 7) is 2.66. The monoisotopic (exact) mass is 419 g/mol. The topological polar surface area (TPSA) is 64.4 Å². The minimum atomic E-state index is -0.346. The highest BCUT2D eigenvalue weighted by Gasteiger charge is 2.43. The summed E-state index contributed by atoms with van der Waals surface area (Å²) in [5, 5.41) is 9.10. The number of benzene rings is 3. The van der Waals surface area contributed by atoms with Crippen molar-refractivity contribution in [3.63, 3.8) is 0 Å². The fraction of sp³-hybridized carbons (Fsp3) is 0.148. The number of para-hydroxylation sites is 1. The third-order valence-corrected chi connectivity index (χ3v) is 6.03. The second-order valence-corrected chi connectivity index (χ2v) is 8.08. The minimum Gasteiger partial charge on any atom is -0.336 e. The molecule has 3 aromatic carbocycles. The fourth-order valence-electron chi connectivity index (χ4n) is 4.43. The van der Waals surface area contributed by atoms with Crippen LogP contribution in [0.3, 0.4) is 0 Å². The smallest absolute Gasteiger partial charge is 0.282 e. The maximum Gasteiger partial charge on any atom is 0.282 e. The van der Waals surface area contributed by atoms with Crippen LogP contribution in [0.4, 0.5) is 11.4 Å². The van der Waals surface area contributed by atoms with Crippen LogP contribution < -0.4 is 9.80 Å². The summed E-state index contributed by atoms with van der Waals surface area (Å²) >= 11 is 0. The Morgan fingerprint density at radius 1 is 0.875 bits per heavy atom. The Kier molecular flexibility index (Phi) is 4.84. The Bertz CT molecular complexity index is 1300. The standard InChI is InChI=1S/C27H21N3O2/c1-18-8-12-21(13-9-18)24-25(29-16-4-6-20-5-2-3-7-23(20)29)27(32)30(26(24)31)22-14-10-19(17-28)11-15-22/h2-3,5,7-15H,4,6,16H2,1H3. The van der Waals surface area contributed by atoms with Crippen molar-refractivity contribution >= 4 is 28.8 Å². The molecular formula is C27H21N3O2. The van der Waals surface area contributed by atoms with E-state index in [0.717, 1.165) is 29.7 Å². The van der Waals surface area contributed by atoms with Crippen molar-refractivity contribution in [3.8, 4) is 6.07 Å². The molecule has 0 saturated carbocycles. The Morgan fingerprint density at radius 3 is 2.31 bits per heavy atom. The Hall–Kier alpha value is -4.17. The van der Waals surface area contributed by atoms with Crippen LogP contribution in [-0.2, 0) is 16.0 Å². The predicted molar refractivity (Wildman–Crippen MR) is 124 cm³/mol. The molecule has 0 fully saturated rings. The van der Waals surface area contributed by atoms with Gasteiger partial charge in [0.1, 0.15) is 5.70 Å². The van der Waals surface area contributed by atoms with E-state index >= 15 is 0 Å². The Labute approximate surface area is 186 Å². The summed E-state index contributed by atoms with van der Waals surface area (Å²) in [5.74, 6) is -0.686. The van der Waals surface area contributed by atoms with Crippen molar-refractivity contribution in [1.82, 2.24) is 0 Å². The molecule has 0 aliphatic carbocycles. The molecule has 0 saturated heterocycles. The summed E-state index contributed by atoms with van der Waals surface area (Å²) in [6, 6.07) is 24.4. The van der Waals surface area contributed by atoms with Crippen LogP contribution in [0, 0.1) is 18.3 Å². The van der Waals surface area contributed by atoms with E-state index in [1.807, 2.05) is 54.3 Å². The van der Waals surface area contributed by atoms with E-state index in [4.69, 9.17) is 5.26 Å². The molecule has 0 spiro atoms. The molecule has 32 heavy (non-hydrogen) atoms. The highest BCUT2D eigenvalue weighted by Crippen LogP contribution is 2.39. The Morgan fingerprint density at radius 2 is 1.59 bits per heavy atom. The number of rotatable bonds is 3. The number of imide groups is 1. The zero-order valence-electron chi connectivity index (χ0n) is 17.7. The number of amides is 2. The molecule has 0 atom stereocenters. The van der Waals surface area contributed by atoms with Crippen molar-refractivity contribution in [3.05, 3.63) is 101 Å². The number of aryl methyl sites for hydroxylation is 2. The highest BCUT2D eigenvalue weighted by molar-refractivity contribution is 6.46. The van der Waals surface area contributed by atoms with E-state index < -0.39 is 0 Å². The maximum atomic E-state index is 13.8. The van der Waals surface area contributed by atoms with Gasteiger partial charge in [-0.05, 0) is 61.2 Å². The van der Waals surface area contributed by atoms with Crippen LogP contribution in [0.1, 0.15) is 28.7 Å². The first kappa shape index (κ1) is 19.8. The first-order valence-electron chi connectivity index (χ1n) is 10.6. The molecule has 2 aliphatic rings. The second kappa shape index (κ2) is 7.82. The zero-order valence-corrected chi connectivity index (χ0v) is 17.7. The fourth-order valence-corrected chi connectivity index (χ4v) is 4.43. The van der Waals surface area contributed by atoms with Gasteiger partial charge < -0.3 is 4.90 Å². The average Bonchev–Trinajstić information content (AvgIpc) is 3.09. The first-order valence-corrected chi connectivity index (χ1v) is 10.6. The number of fused-ring (bicyclic) bond motifs is 1. The van der Waals surface area contributed by atoms with Crippen LogP contribution in [0.15, 0.2) is 78.5 Å². The van der Waals surface area contributed by atoms with Gasteiger partial charge in [-0.1, -0.05) is 48.0 Å². The summed E-state index contributed by atoms with van der Waals surface area (Å²) in [5.41, 5.74) is 5.72. The van der Waals surface area contributed by atoms with Crippen LogP contribution in [0.25, 0.3) is 5.57 Å². The van der Waals surface area contributed by atoms with Crippen LogP contribution in [0.5, 0.6) is 0 Å². The van der Waals surface area contributed by atoms with E-state index in [2.05, 4.69) is 12.1 Å². The van der Waals surface area contributed by atoms with Crippen LogP contribution >= 0.6 is 0 Å². The van der Waals surface area contributed by atoms with Gasteiger partial charge >= 0.3 is 0 Å². The van der Waals surface area contributed by atoms with Crippen molar-refractivity contribution in [2.45, 2.75) is 19.8 Å². The molecule has 2 heterocycles. The number of nitrogens with zero attached hydrogens (tertiary/aromatic N) is 3. The van der Waals surface area contributed by atoms with E-state index in [0.29, 0.717) is 29.1 Å². The van der Waals surface area contributed by atoms with E-state index in [-0.39, 0.29) is 11.8 Å². The van der Waals surface area contributed by atoms with Crippen molar-refractivity contribution in [1.29, 1.82) is 5.26 Å². The normalized spacial score (nSPS) is 15.8. The summed E-state index contributed by atoms with van der Waals surface area (Å²) in [6.07, 6.45) is 1.85. The highest BCUT2D eigenvalue weighted by atomic mass is 16.2. The van der Waals surface area contributed by atoms with E-state index in [9.17, 15) is 9.59 Å². The molecule has 5 nitrogen and oxygen atoms in total. The van der Waals surface area contributed by atoms with Gasteiger partial charge in [0.25, 0.3) is 11.8 Å². The largest absolute Gasteiger partial charge is 0.336 e. The van der Waals surface area contributed by atoms with Crippen molar-refractivity contribution in [2.24, 2.45) is 0 Å². The van der Waals surface area contributed by atoms with Gasteiger partial charge in [-0.15, -0.1) is 0 Å². The number of anilines is 2. The number of hydrogen-bond donors (Lipinski definition) is 0. The van der Waals surface area contributed by atoms with Crippen LogP contribution in [0.2, 0.25) is 0 Å². The second-order valence-electron chi connectivity index (χ2n) is 8.08. The van der Waals surface area contributed by atoms with Gasteiger partial charge in [-0.3, -0.25) is 9.59 Å². The van der Waals surface area contributed by atoms with Gasteiger partial charge in [-0.25, -0.2) is 4.90 Å². The predicted octanol–water partition coefficient (Wildman–Crippen LogP) is 4.60. The maximum absolute atomic E-state index is 13.8. The summed E-state index contributed by atoms with van der Waals surface area (Å²) < 4.78 is 0. The molecule has 0 N–H and O–H groups in total. The summed E-state index contributed by atoms with van der Waals surface area (Å²) in [4.78, 5) is 30.7. The molecule has 156 valence electrons. The lowest BCUT2D eigenvalue weighted by atomic mass is 9.98. The minimum absolute atomic E-state index is 0.341. The van der Waals surface area contributed by atoms with Crippen molar-refractivity contribution in [2.75, 3.05) is 16.3 Å². The van der Waals surface area contributed by atoms with Gasteiger partial charge in [0, 0.05) is 12.2 Å². The molecular weight excluding hydrogens is 398 g/mol. The van der Waals surface area contributed by atoms with Crippen molar-refractivity contribution < 1.29 is 9.59 Å². The van der Waals surface area contributed by atoms with Gasteiger partial charge in [0.05, 0.1) is 22.9 Å². The lowest BCUT2D eigenvalue weighted by Gasteiger charge is -2.32. The molecule has 5 heteroatoms. The van der Waals surface area contributed by atoms with Gasteiger partial charge in [0.15, 0.2) is 0 Å². The molecule has 0 unspecified atom stereocenters. The van der Waals surface area contributed by atoms with E-state index in [1.165, 1.54) is 10.5 Å². The number of carbonyl (C=O) groups is 2. The molecule has 2 amide bonds.